The predicted molar refractivity (Wildman–Crippen MR) is 49.0 cm³/mol. The molecule has 1 unspecified atom stereocenters. The lowest BCUT2D eigenvalue weighted by Crippen LogP contribution is -2.33. The predicted octanol–water partition coefficient (Wildman–Crippen LogP) is 0.919. The molecule has 0 aromatic carbocycles. The standard InChI is InChI=1S/C8H9BrN2O2/c9-6-1-10-8(11-2-6)7(12)5-3-13-4-5/h1-2,5,7,12H,3-4H2. The van der Waals surface area contributed by atoms with Crippen molar-refractivity contribution < 1.29 is 9.84 Å². The summed E-state index contributed by atoms with van der Waals surface area (Å²) >= 11 is 3.23. The number of aliphatic hydroxyl groups excluding tert-OH is 1. The zero-order valence-electron chi connectivity index (χ0n) is 6.85. The van der Waals surface area contributed by atoms with Crippen molar-refractivity contribution in [2.45, 2.75) is 6.10 Å². The Morgan fingerprint density at radius 3 is 2.54 bits per heavy atom. The fraction of sp³-hybridized carbons (Fsp3) is 0.500. The van der Waals surface area contributed by atoms with Gasteiger partial charge in [0.25, 0.3) is 0 Å². The summed E-state index contributed by atoms with van der Waals surface area (Å²) in [5.74, 6) is 0.623. The van der Waals surface area contributed by atoms with Crippen LogP contribution in [0.5, 0.6) is 0 Å². The number of halogens is 1. The second-order valence-electron chi connectivity index (χ2n) is 3.00. The van der Waals surface area contributed by atoms with Gasteiger partial charge in [0.2, 0.25) is 0 Å². The van der Waals surface area contributed by atoms with Gasteiger partial charge >= 0.3 is 0 Å². The van der Waals surface area contributed by atoms with Gasteiger partial charge < -0.3 is 9.84 Å². The number of hydrogen-bond acceptors (Lipinski definition) is 4. The van der Waals surface area contributed by atoms with Gasteiger partial charge in [0.15, 0.2) is 5.82 Å². The Labute approximate surface area is 84.1 Å². The van der Waals surface area contributed by atoms with Crippen LogP contribution in [-0.2, 0) is 4.74 Å². The van der Waals surface area contributed by atoms with Crippen LogP contribution in [0.1, 0.15) is 11.9 Å². The third kappa shape index (κ3) is 1.87. The number of nitrogens with zero attached hydrogens (tertiary/aromatic N) is 2. The maximum absolute atomic E-state index is 9.71. The van der Waals surface area contributed by atoms with E-state index in [4.69, 9.17) is 4.74 Å². The summed E-state index contributed by atoms with van der Waals surface area (Å²) in [6.07, 6.45) is 2.66. The molecule has 5 heteroatoms. The Morgan fingerprint density at radius 1 is 1.46 bits per heavy atom. The summed E-state index contributed by atoms with van der Waals surface area (Å²) in [6, 6.07) is 0. The largest absolute Gasteiger partial charge is 0.385 e. The van der Waals surface area contributed by atoms with Gasteiger partial charge in [0.05, 0.1) is 17.7 Å². The molecule has 1 aliphatic heterocycles. The molecule has 1 aromatic heterocycles. The van der Waals surface area contributed by atoms with Crippen LogP contribution in [-0.4, -0.2) is 28.3 Å². The molecule has 4 nitrogen and oxygen atoms in total. The van der Waals surface area contributed by atoms with Crippen molar-refractivity contribution in [3.63, 3.8) is 0 Å². The van der Waals surface area contributed by atoms with E-state index in [1.165, 1.54) is 0 Å². The summed E-state index contributed by atoms with van der Waals surface area (Å²) in [5, 5.41) is 9.71. The fourth-order valence-corrected chi connectivity index (χ4v) is 1.33. The molecule has 1 aromatic rings. The minimum absolute atomic E-state index is 0.154. The second-order valence-corrected chi connectivity index (χ2v) is 3.92. The molecule has 1 aliphatic rings. The Kier molecular flexibility index (Phi) is 2.57. The quantitative estimate of drug-likeness (QED) is 0.841. The molecule has 0 aliphatic carbocycles. The van der Waals surface area contributed by atoms with Gasteiger partial charge in [-0.3, -0.25) is 0 Å². The van der Waals surface area contributed by atoms with E-state index in [0.29, 0.717) is 19.0 Å². The van der Waals surface area contributed by atoms with Gasteiger partial charge in [0, 0.05) is 18.3 Å². The molecular weight excluding hydrogens is 236 g/mol. The van der Waals surface area contributed by atoms with Crippen LogP contribution >= 0.6 is 15.9 Å². The number of hydrogen-bond donors (Lipinski definition) is 1. The van der Waals surface area contributed by atoms with Gasteiger partial charge in [-0.1, -0.05) is 0 Å². The van der Waals surface area contributed by atoms with Crippen molar-refractivity contribution in [1.82, 2.24) is 9.97 Å². The van der Waals surface area contributed by atoms with Crippen LogP contribution in [0.4, 0.5) is 0 Å². The van der Waals surface area contributed by atoms with Crippen molar-refractivity contribution in [1.29, 1.82) is 0 Å². The van der Waals surface area contributed by atoms with Crippen LogP contribution in [0.25, 0.3) is 0 Å². The Balaban J connectivity index is 2.10. The maximum atomic E-state index is 9.71. The molecule has 0 bridgehead atoms. The highest BCUT2D eigenvalue weighted by Gasteiger charge is 2.29. The fourth-order valence-electron chi connectivity index (χ4n) is 1.12. The SMILES string of the molecule is OC(c1ncc(Br)cn1)C1COC1. The summed E-state index contributed by atoms with van der Waals surface area (Å²) in [7, 11) is 0. The average molecular weight is 245 g/mol. The molecular formula is C8H9BrN2O2. The molecule has 1 fully saturated rings. The van der Waals surface area contributed by atoms with Crippen LogP contribution in [0.2, 0.25) is 0 Å². The molecule has 1 N–H and O–H groups in total. The van der Waals surface area contributed by atoms with E-state index in [-0.39, 0.29) is 5.92 Å². The van der Waals surface area contributed by atoms with E-state index < -0.39 is 6.10 Å². The van der Waals surface area contributed by atoms with Gasteiger partial charge in [-0.05, 0) is 15.9 Å². The van der Waals surface area contributed by atoms with Crippen LogP contribution in [0, 0.1) is 5.92 Å². The highest BCUT2D eigenvalue weighted by Crippen LogP contribution is 2.25. The number of ether oxygens (including phenoxy) is 1. The second kappa shape index (κ2) is 3.69. The zero-order chi connectivity index (χ0) is 9.26. The van der Waals surface area contributed by atoms with Gasteiger partial charge in [-0.25, -0.2) is 9.97 Å². The molecule has 13 heavy (non-hydrogen) atoms. The van der Waals surface area contributed by atoms with Crippen molar-refractivity contribution in [3.8, 4) is 0 Å². The van der Waals surface area contributed by atoms with Crippen LogP contribution in [0.15, 0.2) is 16.9 Å². The first-order valence-corrected chi connectivity index (χ1v) is 4.80. The highest BCUT2D eigenvalue weighted by atomic mass is 79.9. The van der Waals surface area contributed by atoms with Gasteiger partial charge in [-0.2, -0.15) is 0 Å². The Bertz CT molecular complexity index is 287. The smallest absolute Gasteiger partial charge is 0.157 e. The van der Waals surface area contributed by atoms with Crippen LogP contribution in [0.3, 0.4) is 0 Å². The monoisotopic (exact) mass is 244 g/mol. The lowest BCUT2D eigenvalue weighted by molar-refractivity contribution is -0.0948. The third-order valence-corrected chi connectivity index (χ3v) is 2.42. The maximum Gasteiger partial charge on any atom is 0.157 e. The van der Waals surface area contributed by atoms with E-state index in [0.717, 1.165) is 4.47 Å². The normalized spacial score (nSPS) is 19.5. The van der Waals surface area contributed by atoms with Crippen molar-refractivity contribution in [2.24, 2.45) is 5.92 Å². The minimum atomic E-state index is -0.596. The third-order valence-electron chi connectivity index (χ3n) is 2.02. The van der Waals surface area contributed by atoms with E-state index in [1.807, 2.05) is 0 Å². The van der Waals surface area contributed by atoms with Crippen molar-refractivity contribution >= 4 is 15.9 Å². The summed E-state index contributed by atoms with van der Waals surface area (Å²) < 4.78 is 5.79. The lowest BCUT2D eigenvalue weighted by Gasteiger charge is -2.29. The Morgan fingerprint density at radius 2 is 2.08 bits per heavy atom. The van der Waals surface area contributed by atoms with E-state index >= 15 is 0 Å². The number of aliphatic hydroxyl groups is 1. The summed E-state index contributed by atoms with van der Waals surface area (Å²) in [4.78, 5) is 8.04. The molecule has 0 radical (unpaired) electrons. The first-order valence-electron chi connectivity index (χ1n) is 4.00. The molecule has 2 rings (SSSR count). The highest BCUT2D eigenvalue weighted by molar-refractivity contribution is 9.10. The summed E-state index contributed by atoms with van der Waals surface area (Å²) in [6.45, 7) is 1.20. The van der Waals surface area contributed by atoms with E-state index in [1.54, 1.807) is 12.4 Å². The van der Waals surface area contributed by atoms with E-state index in [2.05, 4.69) is 25.9 Å². The van der Waals surface area contributed by atoms with Crippen molar-refractivity contribution in [2.75, 3.05) is 13.2 Å². The Hall–Kier alpha value is -0.520. The molecule has 2 heterocycles. The molecule has 0 amide bonds. The topological polar surface area (TPSA) is 55.2 Å². The minimum Gasteiger partial charge on any atom is -0.385 e. The number of aromatic nitrogens is 2. The number of rotatable bonds is 2. The van der Waals surface area contributed by atoms with Crippen molar-refractivity contribution in [3.05, 3.63) is 22.7 Å². The van der Waals surface area contributed by atoms with Crippen LogP contribution < -0.4 is 0 Å². The summed E-state index contributed by atoms with van der Waals surface area (Å²) in [5.41, 5.74) is 0. The zero-order valence-corrected chi connectivity index (χ0v) is 8.44. The molecule has 1 saturated heterocycles. The van der Waals surface area contributed by atoms with Gasteiger partial charge in [0.1, 0.15) is 6.10 Å². The van der Waals surface area contributed by atoms with Gasteiger partial charge in [-0.15, -0.1) is 0 Å². The molecule has 0 saturated carbocycles. The van der Waals surface area contributed by atoms with E-state index in [9.17, 15) is 5.11 Å². The molecule has 1 atom stereocenters. The average Bonchev–Trinajstić information content (AvgIpc) is 2.02. The lowest BCUT2D eigenvalue weighted by atomic mass is 10.0. The first kappa shape index (κ1) is 9.05. The molecule has 0 spiro atoms. The molecule has 70 valence electrons. The first-order chi connectivity index (χ1) is 6.27.